The number of hydrogen-bond donors (Lipinski definition) is 2. The number of aliphatic imine (C=N–C) groups is 1. The topological polar surface area (TPSA) is 119 Å². The second-order valence-electron chi connectivity index (χ2n) is 11.0. The van der Waals surface area contributed by atoms with Crippen LogP contribution in [0.15, 0.2) is 35.3 Å². The van der Waals surface area contributed by atoms with Gasteiger partial charge < -0.3 is 29.9 Å². The molecular formula is C30H44N6O4. The van der Waals surface area contributed by atoms with Gasteiger partial charge in [-0.25, -0.2) is 4.79 Å². The van der Waals surface area contributed by atoms with Crippen LogP contribution in [-0.2, 0) is 20.8 Å². The highest BCUT2D eigenvalue weighted by Crippen LogP contribution is 2.32. The van der Waals surface area contributed by atoms with Gasteiger partial charge in [-0.15, -0.1) is 4.99 Å². The number of rotatable bonds is 8. The summed E-state index contributed by atoms with van der Waals surface area (Å²) in [4.78, 5) is 35.2. The van der Waals surface area contributed by atoms with Crippen molar-refractivity contribution in [3.05, 3.63) is 35.9 Å². The summed E-state index contributed by atoms with van der Waals surface area (Å²) in [7, 11) is 0. The summed E-state index contributed by atoms with van der Waals surface area (Å²) in [6.45, 7) is 5.78. The molecule has 1 unspecified atom stereocenters. The van der Waals surface area contributed by atoms with E-state index in [1.807, 2.05) is 35.2 Å². The molecule has 2 heterocycles. The zero-order chi connectivity index (χ0) is 28.2. The molecule has 0 bridgehead atoms. The van der Waals surface area contributed by atoms with Crippen molar-refractivity contribution >= 4 is 18.0 Å². The van der Waals surface area contributed by atoms with Gasteiger partial charge in [0, 0.05) is 19.6 Å². The minimum atomic E-state index is -0.915. The highest BCUT2D eigenvalue weighted by atomic mass is 16.5. The number of morpholine rings is 1. The number of nitriles is 1. The first-order chi connectivity index (χ1) is 19.5. The maximum absolute atomic E-state index is 14.7. The molecule has 1 aromatic rings. The number of amides is 2. The first-order valence-electron chi connectivity index (χ1n) is 14.9. The Morgan fingerprint density at radius 2 is 1.90 bits per heavy atom. The maximum Gasteiger partial charge on any atom is 0.436 e. The zero-order valence-electron chi connectivity index (χ0n) is 23.8. The molecular weight excluding hydrogens is 508 g/mol. The summed E-state index contributed by atoms with van der Waals surface area (Å²) in [5, 5.41) is 17.3. The molecule has 2 N–H and O–H groups in total. The fourth-order valence-electron chi connectivity index (χ4n) is 6.02. The van der Waals surface area contributed by atoms with E-state index in [0.717, 1.165) is 31.2 Å². The van der Waals surface area contributed by atoms with Gasteiger partial charge in [-0.05, 0) is 50.8 Å². The Kier molecular flexibility index (Phi) is 11.2. The van der Waals surface area contributed by atoms with Crippen molar-refractivity contribution in [3.8, 4) is 6.07 Å². The van der Waals surface area contributed by atoms with E-state index < -0.39 is 17.7 Å². The molecule has 10 heteroatoms. The molecule has 0 aromatic heterocycles. The molecule has 2 amide bonds. The van der Waals surface area contributed by atoms with E-state index in [0.29, 0.717) is 77.1 Å². The molecule has 3 aliphatic rings. The quantitative estimate of drug-likeness (QED) is 0.372. The molecule has 218 valence electrons. The SMILES string of the molecule is CCOC(=O)/N=C(\NC(CC1CCCCC1)C(=O)N(Cc1ccccc1)C1(C#N)CCNCC1)N1CCOCC1. The van der Waals surface area contributed by atoms with E-state index in [1.165, 1.54) is 6.42 Å². The summed E-state index contributed by atoms with van der Waals surface area (Å²) in [5.41, 5.74) is 0.0660. The summed E-state index contributed by atoms with van der Waals surface area (Å²) in [5.74, 6) is 0.600. The summed E-state index contributed by atoms with van der Waals surface area (Å²) in [6, 6.07) is 11.8. The Morgan fingerprint density at radius 1 is 1.20 bits per heavy atom. The summed E-state index contributed by atoms with van der Waals surface area (Å²) < 4.78 is 10.7. The van der Waals surface area contributed by atoms with E-state index in [9.17, 15) is 14.9 Å². The molecule has 0 radical (unpaired) electrons. The van der Waals surface area contributed by atoms with Crippen LogP contribution in [0.4, 0.5) is 4.79 Å². The lowest BCUT2D eigenvalue weighted by Crippen LogP contribution is -2.61. The standard InChI is InChI=1S/C30H44N6O4/c1-2-40-29(38)34-28(35-17-19-39-20-18-35)33-26(21-24-9-5-3-6-10-24)27(37)36(22-25-11-7-4-8-12-25)30(23-31)13-15-32-16-14-30/h4,7-8,11-12,24,26,32H,2-3,5-6,9-10,13-22H2,1H3,(H,33,34,38). The van der Waals surface area contributed by atoms with E-state index in [1.54, 1.807) is 11.8 Å². The van der Waals surface area contributed by atoms with Crippen molar-refractivity contribution < 1.29 is 19.1 Å². The van der Waals surface area contributed by atoms with E-state index in [-0.39, 0.29) is 12.5 Å². The lowest BCUT2D eigenvalue weighted by atomic mass is 9.83. The summed E-state index contributed by atoms with van der Waals surface area (Å²) in [6.07, 6.45) is 6.72. The third kappa shape index (κ3) is 7.95. The number of carbonyl (C=O) groups excluding carboxylic acids is 2. The molecule has 10 nitrogen and oxygen atoms in total. The lowest BCUT2D eigenvalue weighted by Gasteiger charge is -2.44. The number of benzene rings is 1. The predicted molar refractivity (Wildman–Crippen MR) is 152 cm³/mol. The molecule has 0 spiro atoms. The van der Waals surface area contributed by atoms with Crippen LogP contribution in [0.5, 0.6) is 0 Å². The number of nitrogens with zero attached hydrogens (tertiary/aromatic N) is 4. The molecule has 2 aliphatic heterocycles. The van der Waals surface area contributed by atoms with Crippen LogP contribution in [-0.4, -0.2) is 85.3 Å². The van der Waals surface area contributed by atoms with Gasteiger partial charge in [-0.3, -0.25) is 4.79 Å². The van der Waals surface area contributed by atoms with Crippen molar-refractivity contribution in [2.45, 2.75) is 76.4 Å². The van der Waals surface area contributed by atoms with Crippen LogP contribution < -0.4 is 10.6 Å². The molecule has 2 saturated heterocycles. The fraction of sp³-hybridized carbons (Fsp3) is 0.667. The van der Waals surface area contributed by atoms with Gasteiger partial charge in [-0.2, -0.15) is 5.26 Å². The first kappa shape index (κ1) is 29.8. The second-order valence-corrected chi connectivity index (χ2v) is 11.0. The van der Waals surface area contributed by atoms with Crippen molar-refractivity contribution in [2.24, 2.45) is 10.9 Å². The second kappa shape index (κ2) is 15.0. The van der Waals surface area contributed by atoms with Gasteiger partial charge in [0.25, 0.3) is 0 Å². The molecule has 1 aliphatic carbocycles. The van der Waals surface area contributed by atoms with Crippen LogP contribution >= 0.6 is 0 Å². The minimum absolute atomic E-state index is 0.123. The Bertz CT molecular complexity index is 1020. The van der Waals surface area contributed by atoms with Crippen LogP contribution in [0.25, 0.3) is 0 Å². The Hall–Kier alpha value is -3.16. The number of piperidine rings is 1. The van der Waals surface area contributed by atoms with Gasteiger partial charge >= 0.3 is 6.09 Å². The number of nitrogens with one attached hydrogen (secondary N) is 2. The molecule has 1 aromatic carbocycles. The third-order valence-corrected chi connectivity index (χ3v) is 8.28. The van der Waals surface area contributed by atoms with Crippen molar-refractivity contribution in [1.82, 2.24) is 20.4 Å². The van der Waals surface area contributed by atoms with Gasteiger partial charge in [0.15, 0.2) is 0 Å². The third-order valence-electron chi connectivity index (χ3n) is 8.28. The Morgan fingerprint density at radius 3 is 2.55 bits per heavy atom. The van der Waals surface area contributed by atoms with Crippen LogP contribution in [0.2, 0.25) is 0 Å². The van der Waals surface area contributed by atoms with Crippen LogP contribution in [0.3, 0.4) is 0 Å². The van der Waals surface area contributed by atoms with Crippen molar-refractivity contribution in [2.75, 3.05) is 46.0 Å². The highest BCUT2D eigenvalue weighted by Gasteiger charge is 2.44. The Labute approximate surface area is 238 Å². The molecule has 3 fully saturated rings. The van der Waals surface area contributed by atoms with E-state index in [2.05, 4.69) is 21.7 Å². The van der Waals surface area contributed by atoms with E-state index >= 15 is 0 Å². The highest BCUT2D eigenvalue weighted by molar-refractivity contribution is 5.94. The largest absolute Gasteiger partial charge is 0.448 e. The van der Waals surface area contributed by atoms with Crippen molar-refractivity contribution in [1.29, 1.82) is 5.26 Å². The monoisotopic (exact) mass is 552 g/mol. The smallest absolute Gasteiger partial charge is 0.436 e. The van der Waals surface area contributed by atoms with E-state index in [4.69, 9.17) is 9.47 Å². The first-order valence-corrected chi connectivity index (χ1v) is 14.9. The lowest BCUT2D eigenvalue weighted by molar-refractivity contribution is -0.140. The number of carbonyl (C=O) groups is 2. The number of guanidine groups is 1. The fourth-order valence-corrected chi connectivity index (χ4v) is 6.02. The van der Waals surface area contributed by atoms with Gasteiger partial charge in [-0.1, -0.05) is 62.4 Å². The van der Waals surface area contributed by atoms with Crippen molar-refractivity contribution in [3.63, 3.8) is 0 Å². The average molecular weight is 553 g/mol. The number of hydrogen-bond acceptors (Lipinski definition) is 6. The molecule has 1 atom stereocenters. The maximum atomic E-state index is 14.7. The van der Waals surface area contributed by atoms with Crippen LogP contribution in [0.1, 0.15) is 63.9 Å². The van der Waals surface area contributed by atoms with Crippen LogP contribution in [0, 0.1) is 17.2 Å². The minimum Gasteiger partial charge on any atom is -0.448 e. The predicted octanol–water partition coefficient (Wildman–Crippen LogP) is 3.43. The Balaban J connectivity index is 1.69. The average Bonchev–Trinajstić information content (AvgIpc) is 3.00. The van der Waals surface area contributed by atoms with Gasteiger partial charge in [0.2, 0.25) is 11.9 Å². The zero-order valence-corrected chi connectivity index (χ0v) is 23.8. The van der Waals surface area contributed by atoms with Gasteiger partial charge in [0.1, 0.15) is 11.6 Å². The summed E-state index contributed by atoms with van der Waals surface area (Å²) >= 11 is 0. The molecule has 4 rings (SSSR count). The normalized spacial score (nSPS) is 20.7. The molecule has 40 heavy (non-hydrogen) atoms. The molecule has 1 saturated carbocycles. The van der Waals surface area contributed by atoms with Gasteiger partial charge in [0.05, 0.1) is 25.9 Å². The number of ether oxygens (including phenoxy) is 2.